The summed E-state index contributed by atoms with van der Waals surface area (Å²) in [4.78, 5) is 10.8. The van der Waals surface area contributed by atoms with Crippen molar-refractivity contribution in [1.29, 1.82) is 0 Å². The summed E-state index contributed by atoms with van der Waals surface area (Å²) >= 11 is 0. The van der Waals surface area contributed by atoms with Crippen molar-refractivity contribution in [3.63, 3.8) is 0 Å². The molecule has 0 radical (unpaired) electrons. The van der Waals surface area contributed by atoms with Gasteiger partial charge in [0.1, 0.15) is 12.3 Å². The summed E-state index contributed by atoms with van der Waals surface area (Å²) in [5.41, 5.74) is -0.0489. The average Bonchev–Trinajstić information content (AvgIpc) is 2.38. The van der Waals surface area contributed by atoms with Gasteiger partial charge in [-0.3, -0.25) is 0 Å². The minimum atomic E-state index is -1.07. The molecule has 17 heavy (non-hydrogen) atoms. The molecule has 1 aromatic rings. The van der Waals surface area contributed by atoms with Gasteiger partial charge in [-0.1, -0.05) is 30.3 Å². The summed E-state index contributed by atoms with van der Waals surface area (Å²) in [6.45, 7) is 1.40. The summed E-state index contributed by atoms with van der Waals surface area (Å²) in [5.74, 6) is 0. The highest BCUT2D eigenvalue weighted by Crippen LogP contribution is 2.09. The van der Waals surface area contributed by atoms with Crippen LogP contribution in [-0.4, -0.2) is 31.8 Å². The number of carbonyl (C=O) groups excluding carboxylic acids is 1. The zero-order valence-corrected chi connectivity index (χ0v) is 9.90. The molecule has 0 spiro atoms. The Kier molecular flexibility index (Phi) is 5.80. The molecule has 0 saturated heterocycles. The Morgan fingerprint density at radius 2 is 2.06 bits per heavy atom. The van der Waals surface area contributed by atoms with E-state index < -0.39 is 12.3 Å². The number of hydrogen-bond acceptors (Lipinski definition) is 3. The van der Waals surface area contributed by atoms with Gasteiger partial charge in [-0.05, 0) is 12.5 Å². The molecule has 1 atom stereocenters. The zero-order valence-electron chi connectivity index (χ0n) is 9.90. The topological polar surface area (TPSA) is 35.5 Å². The lowest BCUT2D eigenvalue weighted by atomic mass is 10.1. The van der Waals surface area contributed by atoms with E-state index in [1.165, 1.54) is 0 Å². The number of aldehydes is 1. The number of halogens is 1. The van der Waals surface area contributed by atoms with Gasteiger partial charge in [-0.15, -0.1) is 0 Å². The van der Waals surface area contributed by atoms with Crippen LogP contribution in [0.1, 0.15) is 12.5 Å². The molecule has 0 saturated carbocycles. The monoisotopic (exact) mass is 240 g/mol. The van der Waals surface area contributed by atoms with E-state index in [-0.39, 0.29) is 13.2 Å². The molecule has 4 heteroatoms. The molecule has 0 aliphatic carbocycles. The highest BCUT2D eigenvalue weighted by molar-refractivity contribution is 5.61. The van der Waals surface area contributed by atoms with E-state index in [9.17, 15) is 9.18 Å². The van der Waals surface area contributed by atoms with Crippen molar-refractivity contribution >= 4 is 6.29 Å². The quantitative estimate of drug-likeness (QED) is 0.653. The van der Waals surface area contributed by atoms with Gasteiger partial charge in [0.25, 0.3) is 0 Å². The smallest absolute Gasteiger partial charge is 0.153 e. The van der Waals surface area contributed by atoms with Crippen LogP contribution in [0.5, 0.6) is 0 Å². The Bertz CT molecular complexity index is 329. The average molecular weight is 240 g/mol. The Labute approximate surface area is 101 Å². The van der Waals surface area contributed by atoms with Gasteiger partial charge in [0.05, 0.1) is 19.8 Å². The van der Waals surface area contributed by atoms with Crippen molar-refractivity contribution in [3.05, 3.63) is 35.9 Å². The molecule has 0 aromatic heterocycles. The SMILES string of the molecule is CC(C=O)(COCc1ccccc1)OCCF. The molecule has 1 rings (SSSR count). The van der Waals surface area contributed by atoms with Crippen LogP contribution >= 0.6 is 0 Å². The number of hydrogen-bond donors (Lipinski definition) is 0. The number of alkyl halides is 1. The fraction of sp³-hybridized carbons (Fsp3) is 0.462. The first-order chi connectivity index (χ1) is 8.20. The minimum Gasteiger partial charge on any atom is -0.373 e. The van der Waals surface area contributed by atoms with Crippen molar-refractivity contribution < 1.29 is 18.7 Å². The van der Waals surface area contributed by atoms with Crippen molar-refractivity contribution in [2.24, 2.45) is 0 Å². The lowest BCUT2D eigenvalue weighted by Gasteiger charge is -2.22. The molecule has 0 heterocycles. The van der Waals surface area contributed by atoms with E-state index in [1.807, 2.05) is 30.3 Å². The van der Waals surface area contributed by atoms with Crippen molar-refractivity contribution in [1.82, 2.24) is 0 Å². The molecule has 94 valence electrons. The highest BCUT2D eigenvalue weighted by atomic mass is 19.1. The van der Waals surface area contributed by atoms with Gasteiger partial charge >= 0.3 is 0 Å². The largest absolute Gasteiger partial charge is 0.373 e. The second-order valence-corrected chi connectivity index (χ2v) is 3.95. The van der Waals surface area contributed by atoms with E-state index in [0.717, 1.165) is 5.56 Å². The normalized spacial score (nSPS) is 14.2. The second-order valence-electron chi connectivity index (χ2n) is 3.95. The fourth-order valence-electron chi connectivity index (χ4n) is 1.33. The molecule has 0 aliphatic rings. The highest BCUT2D eigenvalue weighted by Gasteiger charge is 2.24. The predicted molar refractivity (Wildman–Crippen MR) is 62.5 cm³/mol. The standard InChI is InChI=1S/C13H17FO3/c1-13(10-15,17-8-7-14)11-16-9-12-5-3-2-4-6-12/h2-6,10H,7-9,11H2,1H3. The first-order valence-corrected chi connectivity index (χ1v) is 5.48. The van der Waals surface area contributed by atoms with Gasteiger partial charge in [0.2, 0.25) is 0 Å². The zero-order chi connectivity index (χ0) is 12.6. The van der Waals surface area contributed by atoms with E-state index in [2.05, 4.69) is 0 Å². The van der Waals surface area contributed by atoms with Gasteiger partial charge < -0.3 is 14.3 Å². The van der Waals surface area contributed by atoms with E-state index in [1.54, 1.807) is 6.92 Å². The third kappa shape index (κ3) is 5.06. The summed E-state index contributed by atoms with van der Waals surface area (Å²) in [6.07, 6.45) is 0.646. The van der Waals surface area contributed by atoms with Crippen LogP contribution in [0.4, 0.5) is 4.39 Å². The van der Waals surface area contributed by atoms with Crippen LogP contribution in [0.15, 0.2) is 30.3 Å². The lowest BCUT2D eigenvalue weighted by molar-refractivity contribution is -0.139. The van der Waals surface area contributed by atoms with Crippen molar-refractivity contribution in [2.45, 2.75) is 19.1 Å². The molecular formula is C13H17FO3. The van der Waals surface area contributed by atoms with Crippen molar-refractivity contribution in [2.75, 3.05) is 19.9 Å². The maximum absolute atomic E-state index is 12.0. The number of rotatable bonds is 8. The molecule has 0 aliphatic heterocycles. The third-order valence-electron chi connectivity index (χ3n) is 2.26. The van der Waals surface area contributed by atoms with E-state index in [0.29, 0.717) is 12.9 Å². The first kappa shape index (κ1) is 13.8. The predicted octanol–water partition coefficient (Wildman–Crippen LogP) is 2.15. The van der Waals surface area contributed by atoms with Crippen LogP contribution in [0.2, 0.25) is 0 Å². The molecule has 0 N–H and O–H groups in total. The maximum Gasteiger partial charge on any atom is 0.153 e. The maximum atomic E-state index is 12.0. The summed E-state index contributed by atoms with van der Waals surface area (Å²) in [7, 11) is 0. The number of ether oxygens (including phenoxy) is 2. The number of benzene rings is 1. The summed E-state index contributed by atoms with van der Waals surface area (Å²) in [5, 5.41) is 0. The summed E-state index contributed by atoms with van der Waals surface area (Å²) in [6, 6.07) is 9.61. The third-order valence-corrected chi connectivity index (χ3v) is 2.26. The molecule has 1 unspecified atom stereocenters. The van der Waals surface area contributed by atoms with Gasteiger partial charge in [-0.25, -0.2) is 4.39 Å². The van der Waals surface area contributed by atoms with Gasteiger partial charge in [0.15, 0.2) is 6.29 Å². The Morgan fingerprint density at radius 3 is 2.65 bits per heavy atom. The molecule has 0 fully saturated rings. The summed E-state index contributed by atoms with van der Waals surface area (Å²) < 4.78 is 22.5. The lowest BCUT2D eigenvalue weighted by Crippen LogP contribution is -2.37. The fourth-order valence-corrected chi connectivity index (χ4v) is 1.33. The van der Waals surface area contributed by atoms with Crippen molar-refractivity contribution in [3.8, 4) is 0 Å². The Balaban J connectivity index is 2.35. The molecule has 1 aromatic carbocycles. The Morgan fingerprint density at radius 1 is 1.35 bits per heavy atom. The van der Waals surface area contributed by atoms with E-state index >= 15 is 0 Å². The molecule has 0 amide bonds. The molecule has 3 nitrogen and oxygen atoms in total. The Hall–Kier alpha value is -1.26. The molecular weight excluding hydrogens is 223 g/mol. The minimum absolute atomic E-state index is 0.0933. The van der Waals surface area contributed by atoms with Crippen LogP contribution < -0.4 is 0 Å². The number of carbonyl (C=O) groups is 1. The second kappa shape index (κ2) is 7.14. The van der Waals surface area contributed by atoms with Crippen LogP contribution in [0.25, 0.3) is 0 Å². The van der Waals surface area contributed by atoms with Gasteiger partial charge in [-0.2, -0.15) is 0 Å². The van der Waals surface area contributed by atoms with Gasteiger partial charge in [0, 0.05) is 0 Å². The van der Waals surface area contributed by atoms with Crippen LogP contribution in [-0.2, 0) is 20.9 Å². The van der Waals surface area contributed by atoms with Crippen LogP contribution in [0.3, 0.4) is 0 Å². The molecule has 0 bridgehead atoms. The first-order valence-electron chi connectivity index (χ1n) is 5.48. The van der Waals surface area contributed by atoms with E-state index in [4.69, 9.17) is 9.47 Å². The van der Waals surface area contributed by atoms with Crippen LogP contribution in [0, 0.1) is 0 Å².